The van der Waals surface area contributed by atoms with E-state index in [2.05, 4.69) is 41.1 Å². The van der Waals surface area contributed by atoms with Crippen molar-refractivity contribution in [3.63, 3.8) is 0 Å². The predicted molar refractivity (Wildman–Crippen MR) is 90.3 cm³/mol. The third-order valence-electron chi connectivity index (χ3n) is 4.87. The van der Waals surface area contributed by atoms with E-state index in [9.17, 15) is 4.79 Å². The third-order valence-corrected chi connectivity index (χ3v) is 4.87. The predicted octanol–water partition coefficient (Wildman–Crippen LogP) is 2.59. The fourth-order valence-corrected chi connectivity index (χ4v) is 3.44. The van der Waals surface area contributed by atoms with Gasteiger partial charge in [-0.15, -0.1) is 0 Å². The summed E-state index contributed by atoms with van der Waals surface area (Å²) >= 11 is 0. The van der Waals surface area contributed by atoms with Crippen molar-refractivity contribution in [3.05, 3.63) is 62.8 Å². The molecule has 1 aromatic heterocycles. The SMILES string of the molecule is Cc1cccc(CN2CCc3c(nc(CC4CC4)[nH]c3=O)C2)c1. The molecular formula is C19H23N3O. The Labute approximate surface area is 136 Å². The standard InChI is InChI=1S/C19H23N3O/c1-13-3-2-4-15(9-13)11-22-8-7-16-17(12-22)20-18(21-19(16)23)10-14-5-6-14/h2-4,9,14H,5-8,10-12H2,1H3,(H,20,21,23). The number of nitrogens with zero attached hydrogens (tertiary/aromatic N) is 2. The first-order valence-corrected chi connectivity index (χ1v) is 8.56. The average molecular weight is 309 g/mol. The van der Waals surface area contributed by atoms with Crippen molar-refractivity contribution in [2.24, 2.45) is 5.92 Å². The fourth-order valence-electron chi connectivity index (χ4n) is 3.44. The van der Waals surface area contributed by atoms with Gasteiger partial charge in [0.1, 0.15) is 5.82 Å². The average Bonchev–Trinajstić information content (AvgIpc) is 3.31. The van der Waals surface area contributed by atoms with Crippen molar-refractivity contribution in [1.82, 2.24) is 14.9 Å². The molecule has 4 nitrogen and oxygen atoms in total. The van der Waals surface area contributed by atoms with Crippen LogP contribution in [0.2, 0.25) is 0 Å². The van der Waals surface area contributed by atoms with Crippen molar-refractivity contribution >= 4 is 0 Å². The second kappa shape index (κ2) is 5.93. The maximum atomic E-state index is 12.3. The van der Waals surface area contributed by atoms with Crippen LogP contribution in [0.5, 0.6) is 0 Å². The maximum Gasteiger partial charge on any atom is 0.254 e. The van der Waals surface area contributed by atoms with Crippen molar-refractivity contribution in [2.45, 2.75) is 45.7 Å². The van der Waals surface area contributed by atoms with Gasteiger partial charge in [0.25, 0.3) is 5.56 Å². The Balaban J connectivity index is 1.53. The Hall–Kier alpha value is -1.94. The molecule has 0 amide bonds. The number of hydrogen-bond acceptors (Lipinski definition) is 3. The largest absolute Gasteiger partial charge is 0.310 e. The van der Waals surface area contributed by atoms with Crippen LogP contribution in [0.25, 0.3) is 0 Å². The van der Waals surface area contributed by atoms with Gasteiger partial charge in [-0.3, -0.25) is 9.69 Å². The van der Waals surface area contributed by atoms with Gasteiger partial charge in [-0.1, -0.05) is 29.8 Å². The number of nitrogens with one attached hydrogen (secondary N) is 1. The normalized spacial score (nSPS) is 18.0. The zero-order chi connectivity index (χ0) is 15.8. The van der Waals surface area contributed by atoms with Crippen molar-refractivity contribution in [1.29, 1.82) is 0 Å². The van der Waals surface area contributed by atoms with E-state index >= 15 is 0 Å². The van der Waals surface area contributed by atoms with Gasteiger partial charge >= 0.3 is 0 Å². The van der Waals surface area contributed by atoms with Crippen LogP contribution in [0.1, 0.15) is 41.1 Å². The van der Waals surface area contributed by atoms with Crippen LogP contribution in [0.4, 0.5) is 0 Å². The summed E-state index contributed by atoms with van der Waals surface area (Å²) in [5, 5.41) is 0. The summed E-state index contributed by atoms with van der Waals surface area (Å²) in [4.78, 5) is 22.4. The van der Waals surface area contributed by atoms with E-state index in [-0.39, 0.29) is 5.56 Å². The van der Waals surface area contributed by atoms with Crippen molar-refractivity contribution in [2.75, 3.05) is 6.54 Å². The highest BCUT2D eigenvalue weighted by atomic mass is 16.1. The van der Waals surface area contributed by atoms with Gasteiger partial charge < -0.3 is 4.98 Å². The van der Waals surface area contributed by atoms with Crippen molar-refractivity contribution in [3.8, 4) is 0 Å². The lowest BCUT2D eigenvalue weighted by Crippen LogP contribution is -2.35. The van der Waals surface area contributed by atoms with Crippen LogP contribution < -0.4 is 5.56 Å². The first-order valence-electron chi connectivity index (χ1n) is 8.56. The molecule has 1 aliphatic carbocycles. The number of aromatic amines is 1. The topological polar surface area (TPSA) is 49.0 Å². The Morgan fingerprint density at radius 1 is 1.35 bits per heavy atom. The molecule has 0 spiro atoms. The number of benzene rings is 1. The van der Waals surface area contributed by atoms with E-state index < -0.39 is 0 Å². The summed E-state index contributed by atoms with van der Waals surface area (Å²) in [5.74, 6) is 1.62. The Morgan fingerprint density at radius 3 is 3.00 bits per heavy atom. The minimum absolute atomic E-state index is 0.0841. The lowest BCUT2D eigenvalue weighted by molar-refractivity contribution is 0.240. The summed E-state index contributed by atoms with van der Waals surface area (Å²) in [6, 6.07) is 8.64. The van der Waals surface area contributed by atoms with E-state index in [4.69, 9.17) is 4.98 Å². The molecule has 2 aromatic rings. The molecule has 2 aliphatic rings. The van der Waals surface area contributed by atoms with E-state index in [0.29, 0.717) is 0 Å². The van der Waals surface area contributed by atoms with Crippen LogP contribution in [0.15, 0.2) is 29.1 Å². The summed E-state index contributed by atoms with van der Waals surface area (Å²) in [6.07, 6.45) is 4.29. The molecule has 1 aliphatic heterocycles. The number of aromatic nitrogens is 2. The van der Waals surface area contributed by atoms with Crippen LogP contribution >= 0.6 is 0 Å². The summed E-state index contributed by atoms with van der Waals surface area (Å²) in [6.45, 7) is 4.76. The zero-order valence-corrected chi connectivity index (χ0v) is 13.6. The highest BCUT2D eigenvalue weighted by Gasteiger charge is 2.25. The molecule has 120 valence electrons. The number of aryl methyl sites for hydroxylation is 1. The molecule has 0 saturated heterocycles. The van der Waals surface area contributed by atoms with E-state index in [1.165, 1.54) is 24.0 Å². The molecule has 4 heteroatoms. The van der Waals surface area contributed by atoms with E-state index in [1.807, 2.05) is 0 Å². The zero-order valence-electron chi connectivity index (χ0n) is 13.6. The number of hydrogen-bond donors (Lipinski definition) is 1. The van der Waals surface area contributed by atoms with E-state index in [0.717, 1.165) is 55.5 Å². The first kappa shape index (κ1) is 14.6. The molecule has 0 atom stereocenters. The molecule has 0 radical (unpaired) electrons. The summed E-state index contributed by atoms with van der Waals surface area (Å²) in [7, 11) is 0. The second-order valence-electron chi connectivity index (χ2n) is 7.04. The molecule has 1 N–H and O–H groups in total. The Morgan fingerprint density at radius 2 is 2.22 bits per heavy atom. The number of H-pyrrole nitrogens is 1. The smallest absolute Gasteiger partial charge is 0.254 e. The monoisotopic (exact) mass is 309 g/mol. The Kier molecular flexibility index (Phi) is 3.77. The van der Waals surface area contributed by atoms with Crippen LogP contribution in [-0.4, -0.2) is 21.4 Å². The first-order chi connectivity index (χ1) is 11.2. The molecule has 2 heterocycles. The van der Waals surface area contributed by atoms with Gasteiger partial charge in [-0.25, -0.2) is 4.98 Å². The molecule has 1 aromatic carbocycles. The van der Waals surface area contributed by atoms with Crippen LogP contribution in [0, 0.1) is 12.8 Å². The highest BCUT2D eigenvalue weighted by molar-refractivity contribution is 5.24. The minimum atomic E-state index is 0.0841. The third kappa shape index (κ3) is 3.37. The van der Waals surface area contributed by atoms with Gasteiger partial charge in [-0.2, -0.15) is 0 Å². The molecule has 4 rings (SSSR count). The van der Waals surface area contributed by atoms with E-state index in [1.54, 1.807) is 0 Å². The van der Waals surface area contributed by atoms with Gasteiger partial charge in [0, 0.05) is 31.6 Å². The summed E-state index contributed by atoms with van der Waals surface area (Å²) in [5.41, 5.74) is 4.59. The van der Waals surface area contributed by atoms with Gasteiger partial charge in [-0.05, 0) is 37.7 Å². The van der Waals surface area contributed by atoms with Crippen LogP contribution in [-0.2, 0) is 25.9 Å². The molecular weight excluding hydrogens is 286 g/mol. The highest BCUT2D eigenvalue weighted by Crippen LogP contribution is 2.31. The molecule has 23 heavy (non-hydrogen) atoms. The molecule has 1 saturated carbocycles. The Bertz CT molecular complexity index is 776. The van der Waals surface area contributed by atoms with Crippen molar-refractivity contribution < 1.29 is 0 Å². The fraction of sp³-hybridized carbons (Fsp3) is 0.474. The van der Waals surface area contributed by atoms with Gasteiger partial charge in [0.15, 0.2) is 0 Å². The minimum Gasteiger partial charge on any atom is -0.310 e. The molecule has 0 unspecified atom stereocenters. The lowest BCUT2D eigenvalue weighted by Gasteiger charge is -2.27. The summed E-state index contributed by atoms with van der Waals surface area (Å²) < 4.78 is 0. The second-order valence-corrected chi connectivity index (χ2v) is 7.04. The molecule has 1 fully saturated rings. The molecule has 0 bridgehead atoms. The van der Waals surface area contributed by atoms with Gasteiger partial charge in [0.05, 0.1) is 5.69 Å². The quantitative estimate of drug-likeness (QED) is 0.944. The number of rotatable bonds is 4. The van der Waals surface area contributed by atoms with Gasteiger partial charge in [0.2, 0.25) is 0 Å². The maximum absolute atomic E-state index is 12.3. The van der Waals surface area contributed by atoms with Crippen LogP contribution in [0.3, 0.4) is 0 Å². The number of fused-ring (bicyclic) bond motifs is 1. The lowest BCUT2D eigenvalue weighted by atomic mass is 10.0.